The van der Waals surface area contributed by atoms with E-state index in [0.29, 0.717) is 6.42 Å². The minimum absolute atomic E-state index is 0.137. The van der Waals surface area contributed by atoms with Gasteiger partial charge >= 0.3 is 5.97 Å². The van der Waals surface area contributed by atoms with Gasteiger partial charge in [-0.05, 0) is 12.3 Å². The molecule has 0 aliphatic carbocycles. The van der Waals surface area contributed by atoms with Crippen molar-refractivity contribution in [3.05, 3.63) is 0 Å². The fourth-order valence-electron chi connectivity index (χ4n) is 2.05. The number of carboxylic acid groups (broad SMARTS) is 1. The van der Waals surface area contributed by atoms with E-state index >= 15 is 0 Å². The van der Waals surface area contributed by atoms with Gasteiger partial charge in [0.15, 0.2) is 0 Å². The van der Waals surface area contributed by atoms with Crippen molar-refractivity contribution in [2.75, 3.05) is 13.2 Å². The Morgan fingerprint density at radius 2 is 1.64 bits per heavy atom. The number of nitrogens with one attached hydrogen (secondary N) is 3. The van der Waals surface area contributed by atoms with Gasteiger partial charge < -0.3 is 37.6 Å². The van der Waals surface area contributed by atoms with Crippen molar-refractivity contribution >= 4 is 29.6 Å². The third-order valence-electron chi connectivity index (χ3n) is 4.11. The first-order valence-electron chi connectivity index (χ1n) is 8.78. The molecule has 0 aromatic carbocycles. The van der Waals surface area contributed by atoms with E-state index < -0.39 is 60.9 Å². The van der Waals surface area contributed by atoms with Crippen LogP contribution in [-0.2, 0) is 24.0 Å². The van der Waals surface area contributed by atoms with Crippen LogP contribution in [0.4, 0.5) is 0 Å². The smallest absolute Gasteiger partial charge is 0.326 e. The van der Waals surface area contributed by atoms with E-state index in [0.717, 1.165) is 0 Å². The molecule has 0 saturated carbocycles. The summed E-state index contributed by atoms with van der Waals surface area (Å²) in [4.78, 5) is 57.6. The van der Waals surface area contributed by atoms with Crippen LogP contribution in [-0.4, -0.2) is 71.1 Å². The molecule has 0 saturated heterocycles. The Kier molecular flexibility index (Phi) is 11.4. The second-order valence-electron chi connectivity index (χ2n) is 6.34. The summed E-state index contributed by atoms with van der Waals surface area (Å²) < 4.78 is 0. The van der Waals surface area contributed by atoms with Gasteiger partial charge in [0, 0.05) is 6.42 Å². The highest BCUT2D eigenvalue weighted by molar-refractivity contribution is 5.92. The maximum atomic E-state index is 12.0. The number of hydrogen-bond acceptors (Lipinski definition) is 7. The van der Waals surface area contributed by atoms with E-state index in [1.165, 1.54) is 0 Å². The molecule has 160 valence electrons. The molecular formula is C16H29N5O7. The topological polar surface area (TPSA) is 214 Å². The molecule has 0 fully saturated rings. The molecule has 0 aromatic rings. The second-order valence-corrected chi connectivity index (χ2v) is 6.34. The normalized spacial score (nSPS) is 14.9. The number of nitrogens with two attached hydrogens (primary N) is 2. The summed E-state index contributed by atoms with van der Waals surface area (Å²) in [5.41, 5.74) is 10.7. The monoisotopic (exact) mass is 403 g/mol. The largest absolute Gasteiger partial charge is 0.480 e. The van der Waals surface area contributed by atoms with Crippen LogP contribution in [0.2, 0.25) is 0 Å². The van der Waals surface area contributed by atoms with Crippen molar-refractivity contribution < 1.29 is 34.2 Å². The lowest BCUT2D eigenvalue weighted by molar-refractivity contribution is -0.142. The summed E-state index contributed by atoms with van der Waals surface area (Å²) in [7, 11) is 0. The first kappa shape index (κ1) is 25.3. The molecule has 0 aromatic heterocycles. The minimum Gasteiger partial charge on any atom is -0.480 e. The van der Waals surface area contributed by atoms with Gasteiger partial charge in [0.1, 0.15) is 12.1 Å². The van der Waals surface area contributed by atoms with Gasteiger partial charge in [-0.3, -0.25) is 19.2 Å². The summed E-state index contributed by atoms with van der Waals surface area (Å²) in [5.74, 6) is -4.51. The molecule has 4 amide bonds. The van der Waals surface area contributed by atoms with Crippen LogP contribution in [0.15, 0.2) is 0 Å². The van der Waals surface area contributed by atoms with Gasteiger partial charge in [0.05, 0.1) is 19.2 Å². The highest BCUT2D eigenvalue weighted by Gasteiger charge is 2.26. The number of rotatable bonds is 13. The average molecular weight is 403 g/mol. The lowest BCUT2D eigenvalue weighted by atomic mass is 9.99. The van der Waals surface area contributed by atoms with Gasteiger partial charge in [0.25, 0.3) is 0 Å². The first-order chi connectivity index (χ1) is 13.0. The molecule has 0 spiro atoms. The summed E-state index contributed by atoms with van der Waals surface area (Å²) in [5, 5.41) is 24.9. The van der Waals surface area contributed by atoms with Crippen molar-refractivity contribution in [1.82, 2.24) is 16.0 Å². The maximum Gasteiger partial charge on any atom is 0.326 e. The summed E-state index contributed by atoms with van der Waals surface area (Å²) >= 11 is 0. The lowest BCUT2D eigenvalue weighted by Crippen LogP contribution is -2.55. The minimum atomic E-state index is -1.36. The van der Waals surface area contributed by atoms with Gasteiger partial charge in [-0.15, -0.1) is 0 Å². The molecule has 0 heterocycles. The fourth-order valence-corrected chi connectivity index (χ4v) is 2.05. The molecule has 0 aliphatic heterocycles. The first-order valence-corrected chi connectivity index (χ1v) is 8.78. The van der Waals surface area contributed by atoms with Crippen molar-refractivity contribution in [2.45, 2.75) is 51.2 Å². The van der Waals surface area contributed by atoms with Crippen LogP contribution in [0.1, 0.15) is 33.1 Å². The Bertz CT molecular complexity index is 584. The number of carboxylic acids is 1. The molecular weight excluding hydrogens is 374 g/mol. The van der Waals surface area contributed by atoms with E-state index in [-0.39, 0.29) is 18.8 Å². The summed E-state index contributed by atoms with van der Waals surface area (Å²) in [6.45, 7) is 2.30. The zero-order valence-electron chi connectivity index (χ0n) is 15.9. The summed E-state index contributed by atoms with van der Waals surface area (Å²) in [6.07, 6.45) is 0.205. The fraction of sp³-hybridized carbons (Fsp3) is 0.688. The lowest BCUT2D eigenvalue weighted by Gasteiger charge is -2.22. The predicted molar refractivity (Wildman–Crippen MR) is 97.5 cm³/mol. The number of carbonyl (C=O) groups excluding carboxylic acids is 4. The van der Waals surface area contributed by atoms with E-state index in [1.54, 1.807) is 6.92 Å². The molecule has 4 atom stereocenters. The number of hydrogen-bond donors (Lipinski definition) is 7. The highest BCUT2D eigenvalue weighted by atomic mass is 16.4. The Labute approximate surface area is 162 Å². The third-order valence-corrected chi connectivity index (χ3v) is 4.11. The predicted octanol–water partition coefficient (Wildman–Crippen LogP) is -3.21. The molecule has 4 unspecified atom stereocenters. The van der Waals surface area contributed by atoms with Gasteiger partial charge in [0.2, 0.25) is 23.6 Å². The van der Waals surface area contributed by atoms with E-state index in [9.17, 15) is 29.1 Å². The molecule has 12 heteroatoms. The van der Waals surface area contributed by atoms with E-state index in [2.05, 4.69) is 16.0 Å². The summed E-state index contributed by atoms with van der Waals surface area (Å²) in [6, 6.07) is -3.53. The number of carbonyl (C=O) groups is 5. The average Bonchev–Trinajstić information content (AvgIpc) is 2.65. The van der Waals surface area contributed by atoms with Crippen LogP contribution in [0.25, 0.3) is 0 Å². The Balaban J connectivity index is 4.61. The molecule has 9 N–H and O–H groups in total. The SMILES string of the molecule is CCC(C)C(N)C(=O)NC(CO)C(=O)NCC(=O)NC(CCC(N)=O)C(=O)O. The molecule has 0 aliphatic rings. The highest BCUT2D eigenvalue weighted by Crippen LogP contribution is 2.05. The zero-order chi connectivity index (χ0) is 21.9. The van der Waals surface area contributed by atoms with Gasteiger partial charge in [-0.2, -0.15) is 0 Å². The van der Waals surface area contributed by atoms with Crippen molar-refractivity contribution in [3.8, 4) is 0 Å². The van der Waals surface area contributed by atoms with Crippen LogP contribution in [0, 0.1) is 5.92 Å². The van der Waals surface area contributed by atoms with Gasteiger partial charge in [-0.25, -0.2) is 4.79 Å². The van der Waals surface area contributed by atoms with Gasteiger partial charge in [-0.1, -0.05) is 20.3 Å². The third kappa shape index (κ3) is 9.28. The van der Waals surface area contributed by atoms with Crippen LogP contribution >= 0.6 is 0 Å². The zero-order valence-corrected chi connectivity index (χ0v) is 15.9. The Morgan fingerprint density at radius 3 is 2.11 bits per heavy atom. The van der Waals surface area contributed by atoms with E-state index in [4.69, 9.17) is 16.6 Å². The quantitative estimate of drug-likeness (QED) is 0.166. The van der Waals surface area contributed by atoms with E-state index in [1.807, 2.05) is 6.92 Å². The molecule has 28 heavy (non-hydrogen) atoms. The number of primary amides is 1. The van der Waals surface area contributed by atoms with Crippen LogP contribution < -0.4 is 27.4 Å². The molecule has 0 radical (unpaired) electrons. The van der Waals surface area contributed by atoms with Crippen LogP contribution in [0.5, 0.6) is 0 Å². The van der Waals surface area contributed by atoms with Crippen LogP contribution in [0.3, 0.4) is 0 Å². The van der Waals surface area contributed by atoms with Crippen molar-refractivity contribution in [3.63, 3.8) is 0 Å². The molecule has 0 rings (SSSR count). The number of amides is 4. The molecule has 12 nitrogen and oxygen atoms in total. The van der Waals surface area contributed by atoms with Crippen molar-refractivity contribution in [1.29, 1.82) is 0 Å². The molecule has 0 bridgehead atoms. The number of aliphatic hydroxyl groups excluding tert-OH is 1. The Morgan fingerprint density at radius 1 is 1.04 bits per heavy atom. The number of aliphatic carboxylic acids is 1. The standard InChI is InChI=1S/C16H29N5O7/c1-3-8(2)13(18)15(26)21-10(7-22)14(25)19-6-12(24)20-9(16(27)28)4-5-11(17)23/h8-10,13,22H,3-7,18H2,1-2H3,(H2,17,23)(H,19,25)(H,20,24)(H,21,26)(H,27,28). The second kappa shape index (κ2) is 12.6. The number of aliphatic hydroxyl groups is 1. The Hall–Kier alpha value is -2.73. The van der Waals surface area contributed by atoms with Crippen molar-refractivity contribution in [2.24, 2.45) is 17.4 Å². The maximum absolute atomic E-state index is 12.0.